The molecule has 0 radical (unpaired) electrons. The van der Waals surface area contributed by atoms with Crippen LogP contribution in [0, 0.1) is 0 Å². The van der Waals surface area contributed by atoms with Gasteiger partial charge in [0.15, 0.2) is 5.13 Å². The lowest BCUT2D eigenvalue weighted by Gasteiger charge is -2.21. The predicted octanol–water partition coefficient (Wildman–Crippen LogP) is 5.37. The molecular weight excluding hydrogens is 520 g/mol. The summed E-state index contributed by atoms with van der Waals surface area (Å²) in [4.78, 5) is 24.3. The third-order valence-electron chi connectivity index (χ3n) is 6.00. The molecule has 0 atom stereocenters. The molecule has 192 valence electrons. The number of fused-ring (bicyclic) bond motifs is 1. The number of nitrogens with zero attached hydrogens (tertiary/aromatic N) is 4. The van der Waals surface area contributed by atoms with Crippen molar-refractivity contribution < 1.29 is 17.9 Å². The number of hydrogen-bond donors (Lipinski definition) is 0. The number of thiazole rings is 1. The van der Waals surface area contributed by atoms with E-state index in [0.29, 0.717) is 22.1 Å². The molecule has 0 N–H and O–H groups in total. The molecule has 0 aliphatic heterocycles. The van der Waals surface area contributed by atoms with E-state index in [0.717, 1.165) is 15.8 Å². The minimum atomic E-state index is -3.80. The number of benzene rings is 3. The molecule has 38 heavy (non-hydrogen) atoms. The number of ether oxygens (including phenoxy) is 1. The van der Waals surface area contributed by atoms with Crippen LogP contribution in [0.4, 0.5) is 10.8 Å². The standard InChI is InChI=1S/C28H24N4O4S2/c1-31(22-8-4-3-5-9-22)38(34,35)24-13-10-21(11-14-24)27(33)32(19-20-7-6-16-29-18-20)28-30-25-17-23(36-2)12-15-26(25)37-28/h3-18H,19H2,1-2H3. The van der Waals surface area contributed by atoms with Crippen LogP contribution in [0.15, 0.2) is 102 Å². The highest BCUT2D eigenvalue weighted by atomic mass is 32.2. The van der Waals surface area contributed by atoms with E-state index in [1.54, 1.807) is 48.7 Å². The van der Waals surface area contributed by atoms with Gasteiger partial charge in [-0.2, -0.15) is 0 Å². The summed E-state index contributed by atoms with van der Waals surface area (Å²) < 4.78 is 33.8. The first-order valence-electron chi connectivity index (χ1n) is 11.7. The second-order valence-electron chi connectivity index (χ2n) is 8.42. The zero-order valence-corrected chi connectivity index (χ0v) is 22.3. The molecule has 0 aliphatic rings. The molecular formula is C28H24N4O4S2. The summed E-state index contributed by atoms with van der Waals surface area (Å²) in [5, 5.41) is 0.516. The van der Waals surface area contributed by atoms with Gasteiger partial charge in [-0.1, -0.05) is 35.6 Å². The lowest BCUT2D eigenvalue weighted by atomic mass is 10.2. The maximum Gasteiger partial charge on any atom is 0.264 e. The Bertz CT molecular complexity index is 1670. The molecule has 0 saturated carbocycles. The summed E-state index contributed by atoms with van der Waals surface area (Å²) in [5.41, 5.74) is 2.44. The fourth-order valence-electron chi connectivity index (χ4n) is 3.90. The van der Waals surface area contributed by atoms with Gasteiger partial charge in [0.1, 0.15) is 5.75 Å². The maximum absolute atomic E-state index is 13.8. The monoisotopic (exact) mass is 544 g/mol. The van der Waals surface area contributed by atoms with Crippen LogP contribution in [-0.4, -0.2) is 38.5 Å². The Morgan fingerprint density at radius 2 is 1.74 bits per heavy atom. The fraction of sp³-hybridized carbons (Fsp3) is 0.107. The van der Waals surface area contributed by atoms with Crippen molar-refractivity contribution in [2.24, 2.45) is 0 Å². The molecule has 5 aromatic rings. The second-order valence-corrected chi connectivity index (χ2v) is 11.4. The summed E-state index contributed by atoms with van der Waals surface area (Å²) in [5.74, 6) is 0.372. The summed E-state index contributed by atoms with van der Waals surface area (Å²) in [6.45, 7) is 0.250. The molecule has 0 unspecified atom stereocenters. The Kier molecular flexibility index (Phi) is 7.08. The zero-order chi connectivity index (χ0) is 26.7. The maximum atomic E-state index is 13.8. The molecule has 0 spiro atoms. The Balaban J connectivity index is 1.47. The largest absolute Gasteiger partial charge is 0.497 e. The van der Waals surface area contributed by atoms with Crippen molar-refractivity contribution in [2.75, 3.05) is 23.4 Å². The fourth-order valence-corrected chi connectivity index (χ4v) is 6.04. The molecule has 0 saturated heterocycles. The van der Waals surface area contributed by atoms with Crippen molar-refractivity contribution in [1.29, 1.82) is 0 Å². The lowest BCUT2D eigenvalue weighted by Crippen LogP contribution is -2.30. The van der Waals surface area contributed by atoms with E-state index in [1.165, 1.54) is 47.0 Å². The smallest absolute Gasteiger partial charge is 0.264 e. The number of para-hydroxylation sites is 1. The molecule has 10 heteroatoms. The molecule has 0 aliphatic carbocycles. The van der Waals surface area contributed by atoms with Crippen LogP contribution < -0.4 is 13.9 Å². The Morgan fingerprint density at radius 3 is 2.42 bits per heavy atom. The van der Waals surface area contributed by atoms with Gasteiger partial charge in [0, 0.05) is 31.1 Å². The normalized spacial score (nSPS) is 11.3. The SMILES string of the molecule is COc1ccc2sc(N(Cc3cccnc3)C(=O)c3ccc(S(=O)(=O)N(C)c4ccccc4)cc3)nc2c1. The summed E-state index contributed by atoms with van der Waals surface area (Å²) in [7, 11) is -0.709. The predicted molar refractivity (Wildman–Crippen MR) is 149 cm³/mol. The second kappa shape index (κ2) is 10.6. The molecule has 3 aromatic carbocycles. The highest BCUT2D eigenvalue weighted by molar-refractivity contribution is 7.92. The van der Waals surface area contributed by atoms with Crippen LogP contribution in [0.1, 0.15) is 15.9 Å². The molecule has 0 fully saturated rings. The molecule has 1 amide bonds. The number of pyridine rings is 1. The average molecular weight is 545 g/mol. The molecule has 8 nitrogen and oxygen atoms in total. The van der Waals surface area contributed by atoms with Gasteiger partial charge in [0.2, 0.25) is 0 Å². The quantitative estimate of drug-likeness (QED) is 0.261. The number of aromatic nitrogens is 2. The van der Waals surface area contributed by atoms with Gasteiger partial charge in [-0.3, -0.25) is 19.0 Å². The van der Waals surface area contributed by atoms with E-state index in [1.807, 2.05) is 36.4 Å². The number of amides is 1. The van der Waals surface area contributed by atoms with Gasteiger partial charge in [-0.25, -0.2) is 13.4 Å². The average Bonchev–Trinajstić information content (AvgIpc) is 3.39. The summed E-state index contributed by atoms with van der Waals surface area (Å²) in [6, 6.07) is 24.1. The van der Waals surface area contributed by atoms with Crippen LogP contribution in [0.25, 0.3) is 10.2 Å². The number of sulfonamides is 1. The minimum Gasteiger partial charge on any atom is -0.497 e. The third kappa shape index (κ3) is 5.09. The topological polar surface area (TPSA) is 92.7 Å². The van der Waals surface area contributed by atoms with E-state index in [-0.39, 0.29) is 17.3 Å². The zero-order valence-electron chi connectivity index (χ0n) is 20.7. The molecule has 0 bridgehead atoms. The lowest BCUT2D eigenvalue weighted by molar-refractivity contribution is 0.0985. The van der Waals surface area contributed by atoms with E-state index in [9.17, 15) is 13.2 Å². The Morgan fingerprint density at radius 1 is 0.974 bits per heavy atom. The van der Waals surface area contributed by atoms with Crippen molar-refractivity contribution in [1.82, 2.24) is 9.97 Å². The van der Waals surface area contributed by atoms with E-state index in [2.05, 4.69) is 4.98 Å². The van der Waals surface area contributed by atoms with Gasteiger partial charge < -0.3 is 4.74 Å². The third-order valence-corrected chi connectivity index (χ3v) is 8.86. The number of methoxy groups -OCH3 is 1. The van der Waals surface area contributed by atoms with Crippen molar-refractivity contribution in [3.05, 3.63) is 108 Å². The molecule has 2 heterocycles. The first kappa shape index (κ1) is 25.4. The van der Waals surface area contributed by atoms with Gasteiger partial charge in [-0.05, 0) is 60.2 Å². The molecule has 2 aromatic heterocycles. The van der Waals surface area contributed by atoms with Gasteiger partial charge in [-0.15, -0.1) is 0 Å². The Hall–Kier alpha value is -4.28. The van der Waals surface area contributed by atoms with E-state index in [4.69, 9.17) is 9.72 Å². The van der Waals surface area contributed by atoms with Crippen LogP contribution in [0.2, 0.25) is 0 Å². The van der Waals surface area contributed by atoms with Crippen molar-refractivity contribution in [3.8, 4) is 5.75 Å². The van der Waals surface area contributed by atoms with Gasteiger partial charge in [0.25, 0.3) is 15.9 Å². The number of rotatable bonds is 8. The van der Waals surface area contributed by atoms with Crippen molar-refractivity contribution in [3.63, 3.8) is 0 Å². The number of carbonyl (C=O) groups excluding carboxylic acids is 1. The first-order valence-corrected chi connectivity index (χ1v) is 13.9. The van der Waals surface area contributed by atoms with E-state index >= 15 is 0 Å². The van der Waals surface area contributed by atoms with Crippen LogP contribution >= 0.6 is 11.3 Å². The van der Waals surface area contributed by atoms with Crippen LogP contribution in [0.5, 0.6) is 5.75 Å². The Labute approximate surface area is 224 Å². The highest BCUT2D eigenvalue weighted by Gasteiger charge is 2.25. The molecule has 5 rings (SSSR count). The van der Waals surface area contributed by atoms with Crippen molar-refractivity contribution in [2.45, 2.75) is 11.4 Å². The van der Waals surface area contributed by atoms with Gasteiger partial charge >= 0.3 is 0 Å². The highest BCUT2D eigenvalue weighted by Crippen LogP contribution is 2.33. The van der Waals surface area contributed by atoms with E-state index < -0.39 is 10.0 Å². The summed E-state index contributed by atoms with van der Waals surface area (Å²) in [6.07, 6.45) is 3.37. The number of hydrogen-bond acceptors (Lipinski definition) is 7. The minimum absolute atomic E-state index is 0.0892. The van der Waals surface area contributed by atoms with Crippen LogP contribution in [0.3, 0.4) is 0 Å². The van der Waals surface area contributed by atoms with Crippen molar-refractivity contribution >= 4 is 48.3 Å². The van der Waals surface area contributed by atoms with Crippen LogP contribution in [-0.2, 0) is 16.6 Å². The summed E-state index contributed by atoms with van der Waals surface area (Å²) >= 11 is 1.39. The number of carbonyl (C=O) groups is 1. The first-order chi connectivity index (χ1) is 18.4. The number of anilines is 2. The van der Waals surface area contributed by atoms with Gasteiger partial charge in [0.05, 0.1) is 34.5 Å².